The van der Waals surface area contributed by atoms with E-state index in [4.69, 9.17) is 0 Å². The molecule has 1 fully saturated rings. The molecule has 1 amide bonds. The maximum absolute atomic E-state index is 12.7. The Hall–Kier alpha value is -2.14. The van der Waals surface area contributed by atoms with E-state index in [9.17, 15) is 4.79 Å². The van der Waals surface area contributed by atoms with Crippen LogP contribution in [0.1, 0.15) is 59.4 Å². The molecule has 1 aromatic heterocycles. The van der Waals surface area contributed by atoms with Crippen molar-refractivity contribution in [2.75, 3.05) is 13.1 Å². The predicted octanol–water partition coefficient (Wildman–Crippen LogP) is 3.07. The van der Waals surface area contributed by atoms with E-state index in [2.05, 4.69) is 50.7 Å². The van der Waals surface area contributed by atoms with Gasteiger partial charge in [-0.25, -0.2) is 0 Å². The number of hydrogen-bond acceptors (Lipinski definition) is 3. The van der Waals surface area contributed by atoms with E-state index in [1.165, 1.54) is 24.1 Å². The van der Waals surface area contributed by atoms with Gasteiger partial charge in [0, 0.05) is 36.9 Å². The summed E-state index contributed by atoms with van der Waals surface area (Å²) >= 11 is 0. The number of nitrogens with zero attached hydrogens (tertiary/aromatic N) is 2. The van der Waals surface area contributed by atoms with Crippen LogP contribution >= 0.6 is 0 Å². The van der Waals surface area contributed by atoms with Crippen molar-refractivity contribution in [3.8, 4) is 0 Å². The fourth-order valence-corrected chi connectivity index (χ4v) is 4.18. The van der Waals surface area contributed by atoms with Crippen molar-refractivity contribution in [1.82, 2.24) is 20.4 Å². The van der Waals surface area contributed by atoms with Gasteiger partial charge in [-0.1, -0.05) is 36.8 Å². The number of piperidine rings is 1. The summed E-state index contributed by atoms with van der Waals surface area (Å²) in [6.45, 7) is 3.05. The number of aromatic amines is 1. The SMILES string of the molecule is O=C(NC1CCN(Cc2ccccc2)CC1)c1n[nH]c2c1CCCCC2. The number of likely N-dealkylation sites (tertiary alicyclic amines) is 1. The molecule has 26 heavy (non-hydrogen) atoms. The zero-order valence-corrected chi connectivity index (χ0v) is 15.3. The maximum Gasteiger partial charge on any atom is 0.272 e. The van der Waals surface area contributed by atoms with Gasteiger partial charge in [0.25, 0.3) is 5.91 Å². The van der Waals surface area contributed by atoms with Crippen molar-refractivity contribution in [2.24, 2.45) is 0 Å². The van der Waals surface area contributed by atoms with Gasteiger partial charge in [-0.05, 0) is 44.1 Å². The molecule has 1 saturated heterocycles. The molecule has 0 saturated carbocycles. The lowest BCUT2D eigenvalue weighted by atomic mass is 10.0. The van der Waals surface area contributed by atoms with Crippen molar-refractivity contribution < 1.29 is 4.79 Å². The molecule has 2 N–H and O–H groups in total. The molecule has 2 heterocycles. The average Bonchev–Trinajstić information content (AvgIpc) is 2.93. The van der Waals surface area contributed by atoms with E-state index >= 15 is 0 Å². The van der Waals surface area contributed by atoms with Gasteiger partial charge in [-0.15, -0.1) is 0 Å². The van der Waals surface area contributed by atoms with E-state index in [1.807, 2.05) is 0 Å². The third kappa shape index (κ3) is 3.98. The molecule has 5 heteroatoms. The van der Waals surface area contributed by atoms with Crippen LogP contribution < -0.4 is 5.32 Å². The van der Waals surface area contributed by atoms with Gasteiger partial charge in [-0.3, -0.25) is 14.8 Å². The Morgan fingerprint density at radius 3 is 2.69 bits per heavy atom. The number of carbonyl (C=O) groups is 1. The number of amides is 1. The molecule has 1 aliphatic carbocycles. The Bertz CT molecular complexity index is 732. The number of H-pyrrole nitrogens is 1. The minimum Gasteiger partial charge on any atom is -0.348 e. The van der Waals surface area contributed by atoms with E-state index < -0.39 is 0 Å². The quantitative estimate of drug-likeness (QED) is 0.832. The van der Waals surface area contributed by atoms with Crippen molar-refractivity contribution in [3.63, 3.8) is 0 Å². The summed E-state index contributed by atoms with van der Waals surface area (Å²) in [5.41, 5.74) is 4.31. The molecule has 138 valence electrons. The fourth-order valence-electron chi connectivity index (χ4n) is 4.18. The van der Waals surface area contributed by atoms with Gasteiger partial charge in [0.15, 0.2) is 5.69 Å². The van der Waals surface area contributed by atoms with Gasteiger partial charge >= 0.3 is 0 Å². The van der Waals surface area contributed by atoms with Gasteiger partial charge in [0.05, 0.1) is 0 Å². The van der Waals surface area contributed by atoms with Crippen LogP contribution in [0.3, 0.4) is 0 Å². The lowest BCUT2D eigenvalue weighted by Crippen LogP contribution is -2.44. The summed E-state index contributed by atoms with van der Waals surface area (Å²) in [5.74, 6) is 0.00547. The van der Waals surface area contributed by atoms with Gasteiger partial charge in [0.2, 0.25) is 0 Å². The van der Waals surface area contributed by atoms with Crippen LogP contribution in [0.25, 0.3) is 0 Å². The molecular formula is C21H28N4O. The van der Waals surface area contributed by atoms with Crippen LogP contribution in [0.5, 0.6) is 0 Å². The average molecular weight is 352 g/mol. The zero-order valence-electron chi connectivity index (χ0n) is 15.3. The number of hydrogen-bond donors (Lipinski definition) is 2. The van der Waals surface area contributed by atoms with Crippen LogP contribution in [0.2, 0.25) is 0 Å². The molecule has 0 unspecified atom stereocenters. The van der Waals surface area contributed by atoms with E-state index in [1.54, 1.807) is 0 Å². The standard InChI is InChI=1S/C21H28N4O/c26-21(20-18-9-5-2-6-10-19(18)23-24-20)22-17-11-13-25(14-12-17)15-16-7-3-1-4-8-16/h1,3-4,7-8,17H,2,5-6,9-15H2,(H,22,26)(H,23,24). The summed E-state index contributed by atoms with van der Waals surface area (Å²) in [6, 6.07) is 10.9. The molecule has 0 atom stereocenters. The second kappa shape index (κ2) is 8.04. The summed E-state index contributed by atoms with van der Waals surface area (Å²) in [5, 5.41) is 10.7. The normalized spacial score (nSPS) is 18.9. The van der Waals surface area contributed by atoms with Crippen molar-refractivity contribution in [2.45, 2.75) is 57.5 Å². The monoisotopic (exact) mass is 352 g/mol. The van der Waals surface area contributed by atoms with Gasteiger partial charge < -0.3 is 5.32 Å². The third-order valence-corrected chi connectivity index (χ3v) is 5.69. The molecule has 0 bridgehead atoms. The predicted molar refractivity (Wildman–Crippen MR) is 102 cm³/mol. The van der Waals surface area contributed by atoms with E-state index in [0.29, 0.717) is 5.69 Å². The Kier molecular flexibility index (Phi) is 5.34. The third-order valence-electron chi connectivity index (χ3n) is 5.69. The highest BCUT2D eigenvalue weighted by molar-refractivity contribution is 5.94. The van der Waals surface area contributed by atoms with E-state index in [0.717, 1.165) is 57.3 Å². The van der Waals surface area contributed by atoms with Crippen LogP contribution in [-0.2, 0) is 19.4 Å². The van der Waals surface area contributed by atoms with Gasteiger partial charge in [-0.2, -0.15) is 5.10 Å². The number of aryl methyl sites for hydroxylation is 1. The first-order valence-electron chi connectivity index (χ1n) is 9.93. The smallest absolute Gasteiger partial charge is 0.272 e. The number of rotatable bonds is 4. The number of carbonyl (C=O) groups excluding carboxylic acids is 1. The number of benzene rings is 1. The Balaban J connectivity index is 1.30. The van der Waals surface area contributed by atoms with Crippen molar-refractivity contribution in [3.05, 3.63) is 52.8 Å². The lowest BCUT2D eigenvalue weighted by molar-refractivity contribution is 0.0903. The van der Waals surface area contributed by atoms with Crippen LogP contribution in [0.15, 0.2) is 30.3 Å². The molecule has 5 nitrogen and oxygen atoms in total. The topological polar surface area (TPSA) is 61.0 Å². The fraction of sp³-hybridized carbons (Fsp3) is 0.524. The number of fused-ring (bicyclic) bond motifs is 1. The van der Waals surface area contributed by atoms with Crippen molar-refractivity contribution >= 4 is 5.91 Å². The maximum atomic E-state index is 12.7. The Labute approximate surface area is 155 Å². The van der Waals surface area contributed by atoms with E-state index in [-0.39, 0.29) is 11.9 Å². The second-order valence-corrected chi connectivity index (χ2v) is 7.60. The van der Waals surface area contributed by atoms with Crippen LogP contribution in [-0.4, -0.2) is 40.1 Å². The Morgan fingerprint density at radius 2 is 1.88 bits per heavy atom. The molecule has 4 rings (SSSR count). The largest absolute Gasteiger partial charge is 0.348 e. The molecule has 2 aliphatic rings. The summed E-state index contributed by atoms with van der Waals surface area (Å²) in [4.78, 5) is 15.2. The van der Waals surface area contributed by atoms with Crippen LogP contribution in [0, 0.1) is 0 Å². The molecule has 1 aromatic carbocycles. The molecule has 0 spiro atoms. The minimum atomic E-state index is 0.00547. The molecule has 2 aromatic rings. The van der Waals surface area contributed by atoms with Crippen molar-refractivity contribution in [1.29, 1.82) is 0 Å². The van der Waals surface area contributed by atoms with Crippen LogP contribution in [0.4, 0.5) is 0 Å². The second-order valence-electron chi connectivity index (χ2n) is 7.60. The first-order chi connectivity index (χ1) is 12.8. The minimum absolute atomic E-state index is 0.00547. The molecule has 0 radical (unpaired) electrons. The highest BCUT2D eigenvalue weighted by Crippen LogP contribution is 2.22. The molecular weight excluding hydrogens is 324 g/mol. The summed E-state index contributed by atoms with van der Waals surface area (Å²) in [6.07, 6.45) is 7.60. The Morgan fingerprint density at radius 1 is 1.12 bits per heavy atom. The highest BCUT2D eigenvalue weighted by Gasteiger charge is 2.25. The highest BCUT2D eigenvalue weighted by atomic mass is 16.2. The number of nitrogens with one attached hydrogen (secondary N) is 2. The molecule has 1 aliphatic heterocycles. The first-order valence-corrected chi connectivity index (χ1v) is 9.93. The lowest BCUT2D eigenvalue weighted by Gasteiger charge is -2.32. The summed E-state index contributed by atoms with van der Waals surface area (Å²) < 4.78 is 0. The summed E-state index contributed by atoms with van der Waals surface area (Å²) in [7, 11) is 0. The zero-order chi connectivity index (χ0) is 17.8. The first kappa shape index (κ1) is 17.3. The number of aromatic nitrogens is 2. The van der Waals surface area contributed by atoms with Gasteiger partial charge in [0.1, 0.15) is 0 Å².